The zero-order valence-electron chi connectivity index (χ0n) is 32.0. The van der Waals surface area contributed by atoms with Crippen molar-refractivity contribution in [2.24, 2.45) is 0 Å². The second-order valence-electron chi connectivity index (χ2n) is 16.9. The monoisotopic (exact) mass is 722 g/mol. The molecule has 6 rings (SSSR count). The molecule has 274 valence electrons. The molecule has 0 bridgehead atoms. The number of imidazole rings is 1. The largest absolute Gasteiger partial charge is 0.443 e. The molecule has 4 aromatic rings. The summed E-state index contributed by atoms with van der Waals surface area (Å²) < 4.78 is 16.4. The number of rotatable bonds is 9. The summed E-state index contributed by atoms with van der Waals surface area (Å²) in [6.07, 6.45) is 8.94. The van der Waals surface area contributed by atoms with Crippen LogP contribution in [0.1, 0.15) is 89.9 Å². The van der Waals surface area contributed by atoms with Gasteiger partial charge in [-0.05, 0) is 94.1 Å². The van der Waals surface area contributed by atoms with Crippen LogP contribution in [0, 0.1) is 18.3 Å². The summed E-state index contributed by atoms with van der Waals surface area (Å²) >= 11 is 0. The third-order valence-corrected chi connectivity index (χ3v) is 14.7. The fraction of sp³-hybridized carbons (Fsp3) is 0.487. The van der Waals surface area contributed by atoms with E-state index in [1.807, 2.05) is 46.2 Å². The van der Waals surface area contributed by atoms with E-state index in [2.05, 4.69) is 66.7 Å². The van der Waals surface area contributed by atoms with Crippen molar-refractivity contribution < 1.29 is 14.0 Å². The van der Waals surface area contributed by atoms with Gasteiger partial charge in [0.25, 0.3) is 5.56 Å². The van der Waals surface area contributed by atoms with E-state index in [-0.39, 0.29) is 16.5 Å². The molecule has 1 N–H and O–H groups in total. The molecule has 1 fully saturated rings. The van der Waals surface area contributed by atoms with Crippen molar-refractivity contribution in [2.45, 2.75) is 110 Å². The minimum absolute atomic E-state index is 0.0149. The summed E-state index contributed by atoms with van der Waals surface area (Å²) in [5, 5.41) is 13.6. The van der Waals surface area contributed by atoms with Gasteiger partial charge >= 0.3 is 6.09 Å². The zero-order valence-corrected chi connectivity index (χ0v) is 33.0. The van der Waals surface area contributed by atoms with Gasteiger partial charge in [-0.1, -0.05) is 27.7 Å². The summed E-state index contributed by atoms with van der Waals surface area (Å²) in [5.41, 5.74) is 2.57. The molecule has 13 heteroatoms. The molecule has 1 aliphatic heterocycles. The highest BCUT2D eigenvalue weighted by Gasteiger charge is 2.47. The number of aryl methyl sites for hydroxylation is 1. The first-order valence-electron chi connectivity index (χ1n) is 17.8. The van der Waals surface area contributed by atoms with Crippen LogP contribution in [0.15, 0.2) is 53.8 Å². The number of nitriles is 1. The molecule has 4 heterocycles. The molecule has 2 aliphatic rings. The van der Waals surface area contributed by atoms with E-state index in [0.29, 0.717) is 53.9 Å². The second kappa shape index (κ2) is 13.3. The van der Waals surface area contributed by atoms with Crippen LogP contribution < -0.4 is 15.8 Å². The number of nitrogens with zero attached hydrogens (tertiary/aromatic N) is 7. The number of aromatic nitrogens is 5. The first-order valence-corrected chi connectivity index (χ1v) is 20.8. The fourth-order valence-corrected chi connectivity index (χ4v) is 7.39. The van der Waals surface area contributed by atoms with E-state index >= 15 is 0 Å². The maximum atomic E-state index is 13.7. The average Bonchev–Trinajstić information content (AvgIpc) is 3.72. The van der Waals surface area contributed by atoms with Crippen molar-refractivity contribution in [1.29, 1.82) is 5.26 Å². The van der Waals surface area contributed by atoms with Crippen LogP contribution >= 0.6 is 0 Å². The molecule has 3 aromatic heterocycles. The van der Waals surface area contributed by atoms with Gasteiger partial charge in [0, 0.05) is 55.0 Å². The number of hydrogen-bond acceptors (Lipinski definition) is 9. The smallest absolute Gasteiger partial charge is 0.414 e. The molecule has 1 amide bonds. The summed E-state index contributed by atoms with van der Waals surface area (Å²) in [6, 6.07) is 10.1. The predicted octanol–water partition coefficient (Wildman–Crippen LogP) is 7.84. The molecule has 52 heavy (non-hydrogen) atoms. The molecule has 1 aliphatic carbocycles. The summed E-state index contributed by atoms with van der Waals surface area (Å²) in [6.45, 7) is 21.5. The van der Waals surface area contributed by atoms with Crippen molar-refractivity contribution in [3.63, 3.8) is 0 Å². The number of amides is 1. The fourth-order valence-electron chi connectivity index (χ4n) is 6.28. The molecule has 0 spiro atoms. The van der Waals surface area contributed by atoms with Crippen LogP contribution in [0.2, 0.25) is 18.1 Å². The van der Waals surface area contributed by atoms with E-state index < -0.39 is 25.4 Å². The Kier molecular flexibility index (Phi) is 9.46. The predicted molar refractivity (Wildman–Crippen MR) is 205 cm³/mol. The molecule has 12 nitrogen and oxygen atoms in total. The highest BCUT2D eigenvalue weighted by atomic mass is 28.4. The third-order valence-electron chi connectivity index (χ3n) is 10.3. The number of anilines is 3. The van der Waals surface area contributed by atoms with Gasteiger partial charge in [0.2, 0.25) is 5.95 Å². The number of hydrogen-bond donors (Lipinski definition) is 1. The van der Waals surface area contributed by atoms with Crippen molar-refractivity contribution >= 4 is 31.7 Å². The van der Waals surface area contributed by atoms with Crippen molar-refractivity contribution in [1.82, 2.24) is 24.1 Å². The molecular weight excluding hydrogens is 673 g/mol. The van der Waals surface area contributed by atoms with Crippen molar-refractivity contribution in [3.05, 3.63) is 81.9 Å². The Morgan fingerprint density at radius 3 is 2.50 bits per heavy atom. The van der Waals surface area contributed by atoms with Gasteiger partial charge in [-0.25, -0.2) is 19.7 Å². The Balaban J connectivity index is 1.35. The Morgan fingerprint density at radius 1 is 1.12 bits per heavy atom. The first-order chi connectivity index (χ1) is 24.3. The van der Waals surface area contributed by atoms with Gasteiger partial charge in [-0.2, -0.15) is 5.26 Å². The van der Waals surface area contributed by atoms with Crippen LogP contribution in [0.25, 0.3) is 11.3 Å². The molecule has 1 saturated carbocycles. The van der Waals surface area contributed by atoms with Gasteiger partial charge in [-0.3, -0.25) is 9.69 Å². The lowest BCUT2D eigenvalue weighted by Crippen LogP contribution is -2.46. The topological polar surface area (TPSA) is 140 Å². The lowest BCUT2D eigenvalue weighted by atomic mass is 9.83. The SMILES string of the molecule is Cc1cc(Nc2nccc(-c3cc(C#N)c4c(c3)[C@@](C)(CO[Si](C)(C)C(C)(C)C)CN4C(=O)OC(C)(C)C)n2)c(=O)n(Cc2nccn2C2CC2)c1. The normalized spacial score (nSPS) is 17.5. The number of nitrogens with one attached hydrogen (secondary N) is 1. The van der Waals surface area contributed by atoms with Gasteiger partial charge in [0.05, 0.1) is 23.5 Å². The van der Waals surface area contributed by atoms with Gasteiger partial charge < -0.3 is 23.6 Å². The Hall–Kier alpha value is -4.80. The van der Waals surface area contributed by atoms with Crippen LogP contribution in [0.4, 0.5) is 22.1 Å². The summed E-state index contributed by atoms with van der Waals surface area (Å²) in [5.74, 6) is 1.08. The third kappa shape index (κ3) is 7.54. The highest BCUT2D eigenvalue weighted by molar-refractivity contribution is 6.74. The maximum Gasteiger partial charge on any atom is 0.414 e. The molecule has 0 saturated heterocycles. The molecule has 0 radical (unpaired) electrons. The maximum absolute atomic E-state index is 13.7. The van der Waals surface area contributed by atoms with E-state index in [0.717, 1.165) is 29.8 Å². The summed E-state index contributed by atoms with van der Waals surface area (Å²) in [7, 11) is -2.17. The quantitative estimate of drug-likeness (QED) is 0.171. The standard InChI is InChI=1S/C39H50N8O4Si/c1-25-17-31(34(48)45(21-25)22-32-41-15-16-46(32)28-11-12-28)44-35-42-14-13-30(43-35)26-18-27(20-40)33-29(19-26)39(8,24-50-52(9,10)38(5,6)7)23-47(33)36(49)51-37(2,3)4/h13-19,21,28H,11-12,22-24H2,1-10H3,(H,42,43,44)/t39-/m1/s1. The average molecular weight is 723 g/mol. The minimum atomic E-state index is -2.17. The number of pyridine rings is 1. The van der Waals surface area contributed by atoms with Gasteiger partial charge in [0.1, 0.15) is 23.2 Å². The van der Waals surface area contributed by atoms with Gasteiger partial charge in [-0.15, -0.1) is 0 Å². The van der Waals surface area contributed by atoms with E-state index in [4.69, 9.17) is 14.1 Å². The highest BCUT2D eigenvalue weighted by Crippen LogP contribution is 2.47. The minimum Gasteiger partial charge on any atom is -0.443 e. The van der Waals surface area contributed by atoms with E-state index in [9.17, 15) is 14.9 Å². The molecule has 1 atom stereocenters. The number of fused-ring (bicyclic) bond motifs is 1. The second-order valence-corrected chi connectivity index (χ2v) is 21.8. The lowest BCUT2D eigenvalue weighted by molar-refractivity contribution is 0.0575. The van der Waals surface area contributed by atoms with Crippen LogP contribution in [-0.4, -0.2) is 57.2 Å². The van der Waals surface area contributed by atoms with Gasteiger partial charge in [0.15, 0.2) is 8.32 Å². The molecule has 1 aromatic carbocycles. The van der Waals surface area contributed by atoms with Crippen LogP contribution in [0.3, 0.4) is 0 Å². The zero-order chi connectivity index (χ0) is 37.8. The van der Waals surface area contributed by atoms with E-state index in [1.54, 1.807) is 40.1 Å². The van der Waals surface area contributed by atoms with Crippen LogP contribution in [-0.2, 0) is 21.1 Å². The first kappa shape index (κ1) is 37.0. The number of carbonyl (C=O) groups excluding carboxylic acids is 1. The Labute approximate surface area is 307 Å². The molecular formula is C39H50N8O4Si. The number of carbonyl (C=O) groups is 1. The number of ether oxygens (including phenoxy) is 1. The molecule has 0 unspecified atom stereocenters. The Morgan fingerprint density at radius 2 is 1.85 bits per heavy atom. The lowest BCUT2D eigenvalue weighted by Gasteiger charge is -2.39. The van der Waals surface area contributed by atoms with Crippen LogP contribution in [0.5, 0.6) is 0 Å². The van der Waals surface area contributed by atoms with Crippen molar-refractivity contribution in [2.75, 3.05) is 23.4 Å². The Bertz CT molecular complexity index is 2120. The number of benzene rings is 1. The summed E-state index contributed by atoms with van der Waals surface area (Å²) in [4.78, 5) is 42.6. The van der Waals surface area contributed by atoms with Crippen molar-refractivity contribution in [3.8, 4) is 17.3 Å². The van der Waals surface area contributed by atoms with E-state index in [1.165, 1.54) is 0 Å².